The van der Waals surface area contributed by atoms with Gasteiger partial charge >= 0.3 is 0 Å². The molecule has 1 unspecified atom stereocenters. The third-order valence-electron chi connectivity index (χ3n) is 3.94. The quantitative estimate of drug-likeness (QED) is 0.706. The lowest BCUT2D eigenvalue weighted by atomic mass is 9.92. The lowest BCUT2D eigenvalue weighted by Crippen LogP contribution is -2.14. The van der Waals surface area contributed by atoms with E-state index in [1.54, 1.807) is 6.20 Å². The van der Waals surface area contributed by atoms with E-state index in [9.17, 15) is 4.79 Å². The number of fused-ring (bicyclic) bond motifs is 2. The van der Waals surface area contributed by atoms with Crippen molar-refractivity contribution < 1.29 is 9.53 Å². The highest BCUT2D eigenvalue weighted by Crippen LogP contribution is 2.37. The summed E-state index contributed by atoms with van der Waals surface area (Å²) in [4.78, 5) is 16.1. The van der Waals surface area contributed by atoms with Crippen LogP contribution >= 0.6 is 15.9 Å². The molecule has 21 heavy (non-hydrogen) atoms. The Balaban J connectivity index is 1.82. The lowest BCUT2D eigenvalue weighted by Gasteiger charge is -2.07. The minimum absolute atomic E-state index is 0.0955. The number of halogens is 1. The summed E-state index contributed by atoms with van der Waals surface area (Å²) in [5.41, 5.74) is 2.65. The molecule has 0 saturated heterocycles. The van der Waals surface area contributed by atoms with Gasteiger partial charge in [-0.3, -0.25) is 4.79 Å². The highest BCUT2D eigenvalue weighted by atomic mass is 79.9. The zero-order valence-electron chi connectivity index (χ0n) is 11.1. The first-order valence-electron chi connectivity index (χ1n) is 6.77. The van der Waals surface area contributed by atoms with E-state index in [-0.39, 0.29) is 11.7 Å². The molecular weight excluding hydrogens is 330 g/mol. The molecule has 1 aliphatic rings. The Labute approximate surface area is 130 Å². The summed E-state index contributed by atoms with van der Waals surface area (Å²) in [5, 5.41) is 0.937. The van der Waals surface area contributed by atoms with Gasteiger partial charge in [0.25, 0.3) is 0 Å². The molecule has 2 aromatic carbocycles. The zero-order valence-corrected chi connectivity index (χ0v) is 12.7. The Morgan fingerprint density at radius 2 is 2.05 bits per heavy atom. The number of aromatic nitrogens is 1. The van der Waals surface area contributed by atoms with Gasteiger partial charge in [0.1, 0.15) is 12.4 Å². The van der Waals surface area contributed by atoms with Gasteiger partial charge in [0.05, 0.1) is 5.92 Å². The summed E-state index contributed by atoms with van der Waals surface area (Å²) in [5.74, 6) is 0.681. The molecule has 0 bridgehead atoms. The molecule has 4 rings (SSSR count). The number of carbonyl (C=O) groups excluding carboxylic acids is 1. The SMILES string of the molecule is O=C(c1c[nH]c2cccc(Br)c12)C1COc2ccccc21. The Kier molecular flexibility index (Phi) is 2.86. The number of ketones is 1. The smallest absolute Gasteiger partial charge is 0.176 e. The molecule has 0 spiro atoms. The van der Waals surface area contributed by atoms with Gasteiger partial charge in [-0.2, -0.15) is 0 Å². The number of carbonyl (C=O) groups is 1. The average molecular weight is 342 g/mol. The first kappa shape index (κ1) is 12.7. The van der Waals surface area contributed by atoms with Gasteiger partial charge in [0.2, 0.25) is 0 Å². The number of aromatic amines is 1. The number of benzene rings is 2. The Bertz CT molecular complexity index is 853. The molecule has 3 aromatic rings. The van der Waals surface area contributed by atoms with Crippen LogP contribution in [0.1, 0.15) is 21.8 Å². The van der Waals surface area contributed by atoms with Crippen LogP contribution in [0.25, 0.3) is 10.9 Å². The second-order valence-corrected chi connectivity index (χ2v) is 5.98. The zero-order chi connectivity index (χ0) is 14.4. The molecule has 1 N–H and O–H groups in total. The highest BCUT2D eigenvalue weighted by Gasteiger charge is 2.32. The minimum atomic E-state index is -0.229. The Morgan fingerprint density at radius 1 is 1.19 bits per heavy atom. The molecule has 0 saturated carbocycles. The predicted molar refractivity (Wildman–Crippen MR) is 85.0 cm³/mol. The highest BCUT2D eigenvalue weighted by molar-refractivity contribution is 9.10. The first-order valence-corrected chi connectivity index (χ1v) is 7.56. The van der Waals surface area contributed by atoms with Crippen LogP contribution in [-0.2, 0) is 0 Å². The fourth-order valence-electron chi connectivity index (χ4n) is 2.90. The number of H-pyrrole nitrogens is 1. The first-order chi connectivity index (χ1) is 10.3. The number of rotatable bonds is 2. The summed E-state index contributed by atoms with van der Waals surface area (Å²) in [7, 11) is 0. The standard InChI is InChI=1S/C17H12BrNO2/c18-13-5-3-6-14-16(13)11(8-19-14)17(20)12-9-21-15-7-2-1-4-10(12)15/h1-8,12,19H,9H2. The molecule has 3 nitrogen and oxygen atoms in total. The van der Waals surface area contributed by atoms with Crippen LogP contribution in [0.15, 0.2) is 53.1 Å². The number of ether oxygens (including phenoxy) is 1. The molecule has 1 aliphatic heterocycles. The maximum atomic E-state index is 12.9. The van der Waals surface area contributed by atoms with Gasteiger partial charge in [-0.05, 0) is 18.2 Å². The van der Waals surface area contributed by atoms with Gasteiger partial charge in [-0.1, -0.05) is 40.2 Å². The van der Waals surface area contributed by atoms with Gasteiger partial charge in [-0.15, -0.1) is 0 Å². The largest absolute Gasteiger partial charge is 0.492 e. The maximum absolute atomic E-state index is 12.9. The summed E-state index contributed by atoms with van der Waals surface area (Å²) in [6, 6.07) is 13.6. The molecular formula is C17H12BrNO2. The van der Waals surface area contributed by atoms with E-state index in [0.717, 1.165) is 26.7 Å². The van der Waals surface area contributed by atoms with Gasteiger partial charge < -0.3 is 9.72 Å². The molecule has 0 radical (unpaired) electrons. The minimum Gasteiger partial charge on any atom is -0.492 e. The van der Waals surface area contributed by atoms with Crippen LogP contribution in [0, 0.1) is 0 Å². The Morgan fingerprint density at radius 3 is 2.95 bits per heavy atom. The monoisotopic (exact) mass is 341 g/mol. The van der Waals surface area contributed by atoms with E-state index in [1.807, 2.05) is 42.5 Å². The topological polar surface area (TPSA) is 42.1 Å². The third-order valence-corrected chi connectivity index (χ3v) is 4.60. The van der Waals surface area contributed by atoms with Crippen molar-refractivity contribution in [1.82, 2.24) is 4.98 Å². The van der Waals surface area contributed by atoms with Crippen molar-refractivity contribution in [1.29, 1.82) is 0 Å². The molecule has 104 valence electrons. The van der Waals surface area contributed by atoms with Crippen molar-refractivity contribution in [2.24, 2.45) is 0 Å². The van der Waals surface area contributed by atoms with Crippen molar-refractivity contribution in [2.45, 2.75) is 5.92 Å². The number of hydrogen-bond acceptors (Lipinski definition) is 2. The van der Waals surface area contributed by atoms with Crippen molar-refractivity contribution >= 4 is 32.6 Å². The molecule has 2 heterocycles. The molecule has 0 aliphatic carbocycles. The number of para-hydroxylation sites is 1. The van der Waals surface area contributed by atoms with Crippen LogP contribution in [0.4, 0.5) is 0 Å². The van der Waals surface area contributed by atoms with E-state index in [4.69, 9.17) is 4.74 Å². The van der Waals surface area contributed by atoms with E-state index in [1.165, 1.54) is 0 Å². The van der Waals surface area contributed by atoms with Crippen molar-refractivity contribution in [3.8, 4) is 5.75 Å². The average Bonchev–Trinajstić information content (AvgIpc) is 3.11. The van der Waals surface area contributed by atoms with Crippen LogP contribution in [0.5, 0.6) is 5.75 Å². The molecule has 4 heteroatoms. The fraction of sp³-hybridized carbons (Fsp3) is 0.118. The van der Waals surface area contributed by atoms with Crippen LogP contribution in [0.2, 0.25) is 0 Å². The Hall–Kier alpha value is -2.07. The van der Waals surface area contributed by atoms with Crippen LogP contribution in [0.3, 0.4) is 0 Å². The van der Waals surface area contributed by atoms with Gasteiger partial charge in [-0.25, -0.2) is 0 Å². The van der Waals surface area contributed by atoms with Crippen molar-refractivity contribution in [3.63, 3.8) is 0 Å². The van der Waals surface area contributed by atoms with E-state index in [2.05, 4.69) is 20.9 Å². The van der Waals surface area contributed by atoms with E-state index < -0.39 is 0 Å². The van der Waals surface area contributed by atoms with E-state index in [0.29, 0.717) is 12.2 Å². The lowest BCUT2D eigenvalue weighted by molar-refractivity contribution is 0.0949. The molecule has 1 aromatic heterocycles. The second-order valence-electron chi connectivity index (χ2n) is 5.13. The summed E-state index contributed by atoms with van der Waals surface area (Å²) < 4.78 is 6.56. The molecule has 0 amide bonds. The van der Waals surface area contributed by atoms with Crippen molar-refractivity contribution in [2.75, 3.05) is 6.61 Å². The van der Waals surface area contributed by atoms with Gasteiger partial charge in [0.15, 0.2) is 5.78 Å². The van der Waals surface area contributed by atoms with Crippen LogP contribution < -0.4 is 4.74 Å². The van der Waals surface area contributed by atoms with Gasteiger partial charge in [0, 0.05) is 32.7 Å². The normalized spacial score (nSPS) is 16.7. The third kappa shape index (κ3) is 1.90. The predicted octanol–water partition coefficient (Wildman–Crippen LogP) is 4.29. The summed E-state index contributed by atoms with van der Waals surface area (Å²) in [6.07, 6.45) is 1.79. The molecule has 0 fully saturated rings. The fourth-order valence-corrected chi connectivity index (χ4v) is 3.48. The van der Waals surface area contributed by atoms with Crippen LogP contribution in [-0.4, -0.2) is 17.4 Å². The second kappa shape index (κ2) is 4.74. The molecule has 1 atom stereocenters. The summed E-state index contributed by atoms with van der Waals surface area (Å²) in [6.45, 7) is 0.412. The number of nitrogens with one attached hydrogen (secondary N) is 1. The number of Topliss-reactive ketones (excluding diaryl/α,β-unsaturated/α-hetero) is 1. The van der Waals surface area contributed by atoms with Crippen molar-refractivity contribution in [3.05, 3.63) is 64.3 Å². The number of hydrogen-bond donors (Lipinski definition) is 1. The summed E-state index contributed by atoms with van der Waals surface area (Å²) >= 11 is 3.53. The maximum Gasteiger partial charge on any atom is 0.176 e. The van der Waals surface area contributed by atoms with E-state index >= 15 is 0 Å².